The minimum absolute atomic E-state index is 0.0379. The van der Waals surface area contributed by atoms with E-state index in [2.05, 4.69) is 20.1 Å². The zero-order valence-corrected chi connectivity index (χ0v) is 17.1. The Bertz CT molecular complexity index is 536. The second kappa shape index (κ2) is 10.5. The maximum absolute atomic E-state index is 12.3. The molecule has 2 heterocycles. The lowest BCUT2D eigenvalue weighted by atomic mass is 9.95. The van der Waals surface area contributed by atoms with Crippen LogP contribution in [0.25, 0.3) is 0 Å². The number of rotatable bonds is 7. The smallest absolute Gasteiger partial charge is 0.239 e. The number of carbonyl (C=O) groups is 2. The topological polar surface area (TPSA) is 94.3 Å². The molecule has 0 aromatic rings. The Morgan fingerprint density at radius 1 is 1.22 bits per heavy atom. The van der Waals surface area contributed by atoms with E-state index in [0.29, 0.717) is 12.3 Å². The number of likely N-dealkylation sites (tertiary alicyclic amines) is 2. The van der Waals surface area contributed by atoms with Gasteiger partial charge in [0.25, 0.3) is 0 Å². The number of nitrogens with zero attached hydrogens (tertiary/aromatic N) is 4. The van der Waals surface area contributed by atoms with Gasteiger partial charge >= 0.3 is 0 Å². The van der Waals surface area contributed by atoms with Crippen molar-refractivity contribution < 1.29 is 9.59 Å². The Morgan fingerprint density at radius 3 is 2.63 bits per heavy atom. The summed E-state index contributed by atoms with van der Waals surface area (Å²) >= 11 is 0. The molecule has 2 fully saturated rings. The first-order chi connectivity index (χ1) is 12.9. The number of aliphatic imine (C=N–C) groups is 1. The zero-order valence-electron chi connectivity index (χ0n) is 17.1. The Labute approximate surface area is 163 Å². The molecule has 2 aliphatic heterocycles. The van der Waals surface area contributed by atoms with Crippen LogP contribution in [0.5, 0.6) is 0 Å². The van der Waals surface area contributed by atoms with Crippen LogP contribution in [0.1, 0.15) is 38.5 Å². The molecular weight excluding hydrogens is 344 g/mol. The van der Waals surface area contributed by atoms with Gasteiger partial charge in [-0.25, -0.2) is 0 Å². The first-order valence-electron chi connectivity index (χ1n) is 10.1. The normalized spacial score (nSPS) is 24.1. The molecule has 8 nitrogen and oxygen atoms in total. The van der Waals surface area contributed by atoms with E-state index in [1.165, 1.54) is 0 Å². The molecule has 0 bridgehead atoms. The van der Waals surface area contributed by atoms with Crippen molar-refractivity contribution in [2.24, 2.45) is 16.6 Å². The van der Waals surface area contributed by atoms with Crippen LogP contribution in [-0.2, 0) is 9.59 Å². The Balaban J connectivity index is 1.75. The van der Waals surface area contributed by atoms with Gasteiger partial charge < -0.3 is 20.9 Å². The first kappa shape index (κ1) is 21.5. The number of carbonyl (C=O) groups excluding carboxylic acids is 2. The summed E-state index contributed by atoms with van der Waals surface area (Å²) in [6, 6.07) is 0.0379. The van der Waals surface area contributed by atoms with E-state index in [9.17, 15) is 9.59 Å². The summed E-state index contributed by atoms with van der Waals surface area (Å²) in [5, 5.41) is 3.44. The van der Waals surface area contributed by atoms with Crippen molar-refractivity contribution in [1.82, 2.24) is 20.0 Å². The lowest BCUT2D eigenvalue weighted by Crippen LogP contribution is -2.48. The van der Waals surface area contributed by atoms with E-state index in [1.807, 2.05) is 14.1 Å². The number of hydrogen-bond acceptors (Lipinski definition) is 4. The average molecular weight is 381 g/mol. The third kappa shape index (κ3) is 6.37. The van der Waals surface area contributed by atoms with Crippen LogP contribution < -0.4 is 11.1 Å². The average Bonchev–Trinajstić information content (AvgIpc) is 3.09. The number of likely N-dealkylation sites (N-methyl/N-ethyl adjacent to an activating group) is 1. The second-order valence-electron chi connectivity index (χ2n) is 7.88. The Hall–Kier alpha value is -1.83. The van der Waals surface area contributed by atoms with Crippen LogP contribution in [0.15, 0.2) is 4.99 Å². The minimum atomic E-state index is -0.225. The molecule has 27 heavy (non-hydrogen) atoms. The fraction of sp³-hybridized carbons (Fsp3) is 0.842. The summed E-state index contributed by atoms with van der Waals surface area (Å²) in [7, 11) is 5.45. The number of primary amides is 1. The van der Waals surface area contributed by atoms with Crippen molar-refractivity contribution >= 4 is 17.8 Å². The largest absolute Gasteiger partial charge is 0.370 e. The fourth-order valence-electron chi connectivity index (χ4n) is 4.19. The predicted octanol–water partition coefficient (Wildman–Crippen LogP) is 0.0919. The maximum atomic E-state index is 12.3. The number of nitrogens with two attached hydrogens (primary N) is 1. The summed E-state index contributed by atoms with van der Waals surface area (Å²) in [5.41, 5.74) is 5.35. The number of nitrogens with one attached hydrogen (secondary N) is 1. The monoisotopic (exact) mass is 380 g/mol. The van der Waals surface area contributed by atoms with Crippen LogP contribution in [0.2, 0.25) is 0 Å². The van der Waals surface area contributed by atoms with Crippen molar-refractivity contribution in [2.45, 2.75) is 44.6 Å². The van der Waals surface area contributed by atoms with Gasteiger partial charge in [0.1, 0.15) is 0 Å². The number of amides is 2. The van der Waals surface area contributed by atoms with Gasteiger partial charge in [0, 0.05) is 53.7 Å². The lowest BCUT2D eigenvalue weighted by molar-refractivity contribution is -0.133. The number of guanidine groups is 1. The van der Waals surface area contributed by atoms with Crippen molar-refractivity contribution in [3.63, 3.8) is 0 Å². The van der Waals surface area contributed by atoms with Crippen LogP contribution in [0, 0.1) is 5.92 Å². The van der Waals surface area contributed by atoms with Crippen molar-refractivity contribution in [3.8, 4) is 0 Å². The van der Waals surface area contributed by atoms with Crippen LogP contribution in [0.3, 0.4) is 0 Å². The molecule has 0 aromatic carbocycles. The summed E-state index contributed by atoms with van der Waals surface area (Å²) in [5.74, 6) is 1.20. The molecule has 2 rings (SSSR count). The van der Waals surface area contributed by atoms with E-state index in [1.54, 1.807) is 11.9 Å². The molecule has 0 aromatic heterocycles. The van der Waals surface area contributed by atoms with E-state index in [0.717, 1.165) is 70.8 Å². The summed E-state index contributed by atoms with van der Waals surface area (Å²) in [6.07, 6.45) is 5.57. The van der Waals surface area contributed by atoms with Gasteiger partial charge in [-0.05, 0) is 44.6 Å². The molecule has 0 radical (unpaired) electrons. The summed E-state index contributed by atoms with van der Waals surface area (Å²) < 4.78 is 0. The molecule has 2 saturated heterocycles. The number of hydrogen-bond donors (Lipinski definition) is 2. The van der Waals surface area contributed by atoms with Crippen molar-refractivity contribution in [1.29, 1.82) is 0 Å². The molecule has 3 N–H and O–H groups in total. The van der Waals surface area contributed by atoms with Crippen LogP contribution in [-0.4, -0.2) is 92.4 Å². The number of piperidine rings is 1. The van der Waals surface area contributed by atoms with E-state index in [4.69, 9.17) is 5.73 Å². The van der Waals surface area contributed by atoms with Gasteiger partial charge in [0.15, 0.2) is 5.96 Å². The maximum Gasteiger partial charge on any atom is 0.239 e. The first-order valence-corrected chi connectivity index (χ1v) is 10.1. The molecule has 2 aliphatic rings. The van der Waals surface area contributed by atoms with Crippen molar-refractivity contribution in [2.75, 3.05) is 53.9 Å². The molecule has 2 amide bonds. The van der Waals surface area contributed by atoms with Crippen LogP contribution >= 0.6 is 0 Å². The molecule has 0 spiro atoms. The molecule has 8 heteroatoms. The van der Waals surface area contributed by atoms with Gasteiger partial charge in [0.05, 0.1) is 6.04 Å². The highest BCUT2D eigenvalue weighted by atomic mass is 16.2. The van der Waals surface area contributed by atoms with Gasteiger partial charge in [-0.1, -0.05) is 0 Å². The fourth-order valence-corrected chi connectivity index (χ4v) is 4.19. The van der Waals surface area contributed by atoms with E-state index >= 15 is 0 Å². The van der Waals surface area contributed by atoms with Crippen LogP contribution in [0.4, 0.5) is 0 Å². The highest BCUT2D eigenvalue weighted by molar-refractivity contribution is 5.81. The molecule has 0 saturated carbocycles. The van der Waals surface area contributed by atoms with Gasteiger partial charge in [-0.15, -0.1) is 0 Å². The molecule has 154 valence electrons. The third-order valence-corrected chi connectivity index (χ3v) is 5.51. The highest BCUT2D eigenvalue weighted by Gasteiger charge is 2.31. The third-order valence-electron chi connectivity index (χ3n) is 5.51. The quantitative estimate of drug-likeness (QED) is 0.371. The highest BCUT2D eigenvalue weighted by Crippen LogP contribution is 2.20. The summed E-state index contributed by atoms with van der Waals surface area (Å²) in [4.78, 5) is 34.1. The van der Waals surface area contributed by atoms with E-state index in [-0.39, 0.29) is 17.9 Å². The zero-order chi connectivity index (χ0) is 19.8. The SMILES string of the molecule is CN=C(NCCCN1CCCC1C(=O)N(C)C)N1CCCC(CC(N)=O)C1. The minimum Gasteiger partial charge on any atom is -0.370 e. The molecule has 2 atom stereocenters. The predicted molar refractivity (Wildman–Crippen MR) is 107 cm³/mol. The standard InChI is InChI=1S/C19H36N6O2/c1-21-19(25-11-4-7-15(14-25)13-17(20)26)22-9-6-12-24-10-5-8-16(24)18(27)23(2)3/h15-16H,4-14H2,1-3H3,(H2,20,26)(H,21,22). The molecule has 0 aliphatic carbocycles. The van der Waals surface area contributed by atoms with Gasteiger partial charge in [-0.2, -0.15) is 0 Å². The van der Waals surface area contributed by atoms with Crippen molar-refractivity contribution in [3.05, 3.63) is 0 Å². The molecule has 2 unspecified atom stereocenters. The van der Waals surface area contributed by atoms with Gasteiger partial charge in [-0.3, -0.25) is 19.5 Å². The Kier molecular flexibility index (Phi) is 8.34. The van der Waals surface area contributed by atoms with E-state index < -0.39 is 0 Å². The summed E-state index contributed by atoms with van der Waals surface area (Å²) in [6.45, 7) is 4.52. The lowest BCUT2D eigenvalue weighted by Gasteiger charge is -2.34. The molecular formula is C19H36N6O2. The Morgan fingerprint density at radius 2 is 1.96 bits per heavy atom. The second-order valence-corrected chi connectivity index (χ2v) is 7.88. The van der Waals surface area contributed by atoms with Gasteiger partial charge in [0.2, 0.25) is 11.8 Å².